The summed E-state index contributed by atoms with van der Waals surface area (Å²) in [7, 11) is 0. The van der Waals surface area contributed by atoms with Gasteiger partial charge in [-0.1, -0.05) is 30.7 Å². The van der Waals surface area contributed by atoms with Crippen molar-refractivity contribution in [3.63, 3.8) is 0 Å². The van der Waals surface area contributed by atoms with Crippen LogP contribution in [0, 0.1) is 11.7 Å². The Morgan fingerprint density at radius 3 is 2.65 bits per heavy atom. The van der Waals surface area contributed by atoms with Gasteiger partial charge in [0.2, 0.25) is 0 Å². The Balaban J connectivity index is 1.53. The zero-order chi connectivity index (χ0) is 13.8. The zero-order valence-electron chi connectivity index (χ0n) is 12.1. The van der Waals surface area contributed by atoms with Gasteiger partial charge >= 0.3 is 0 Å². The van der Waals surface area contributed by atoms with Crippen molar-refractivity contribution in [3.8, 4) is 0 Å². The highest BCUT2D eigenvalue weighted by atomic mass is 19.1. The van der Waals surface area contributed by atoms with Crippen LogP contribution in [0.4, 0.5) is 4.39 Å². The Bertz CT molecular complexity index is 447. The molecule has 1 atom stereocenters. The van der Waals surface area contributed by atoms with Crippen molar-refractivity contribution in [1.82, 2.24) is 4.90 Å². The third kappa shape index (κ3) is 3.92. The standard InChI is InChI=1S/C18H24FN/c19-17-11-9-15(10-12-17)4-3-6-18-5-1-2-13-20(18)14-16-7-8-16/h3-4,9-12,16,18H,1-2,5-8,13-14H2. The van der Waals surface area contributed by atoms with Gasteiger partial charge in [0, 0.05) is 12.6 Å². The van der Waals surface area contributed by atoms with Crippen LogP contribution >= 0.6 is 0 Å². The summed E-state index contributed by atoms with van der Waals surface area (Å²) >= 11 is 0. The maximum absolute atomic E-state index is 12.8. The predicted molar refractivity (Wildman–Crippen MR) is 82.0 cm³/mol. The first kappa shape index (κ1) is 13.8. The molecule has 20 heavy (non-hydrogen) atoms. The van der Waals surface area contributed by atoms with Crippen molar-refractivity contribution in [2.24, 2.45) is 5.92 Å². The van der Waals surface area contributed by atoms with E-state index in [9.17, 15) is 4.39 Å². The zero-order valence-corrected chi connectivity index (χ0v) is 12.1. The van der Waals surface area contributed by atoms with Crippen molar-refractivity contribution in [1.29, 1.82) is 0 Å². The molecule has 108 valence electrons. The lowest BCUT2D eigenvalue weighted by Gasteiger charge is -2.35. The van der Waals surface area contributed by atoms with E-state index in [1.54, 1.807) is 0 Å². The van der Waals surface area contributed by atoms with Crippen LogP contribution in [0.15, 0.2) is 30.3 Å². The highest BCUT2D eigenvalue weighted by molar-refractivity contribution is 5.48. The number of likely N-dealkylation sites (tertiary alicyclic amines) is 1. The SMILES string of the molecule is Fc1ccc(C=CCC2CCCCN2CC2CC2)cc1. The second kappa shape index (κ2) is 6.53. The molecule has 0 N–H and O–H groups in total. The first-order valence-corrected chi connectivity index (χ1v) is 7.97. The van der Waals surface area contributed by atoms with Crippen molar-refractivity contribution in [3.05, 3.63) is 41.7 Å². The summed E-state index contributed by atoms with van der Waals surface area (Å²) < 4.78 is 12.8. The average molecular weight is 273 g/mol. The van der Waals surface area contributed by atoms with E-state index in [1.165, 1.54) is 57.3 Å². The number of halogens is 1. The lowest BCUT2D eigenvalue weighted by atomic mass is 9.98. The molecule has 1 aromatic carbocycles. The van der Waals surface area contributed by atoms with E-state index in [1.807, 2.05) is 12.1 Å². The first-order chi connectivity index (χ1) is 9.81. The van der Waals surface area contributed by atoms with Crippen LogP contribution in [0.25, 0.3) is 6.08 Å². The summed E-state index contributed by atoms with van der Waals surface area (Å²) in [4.78, 5) is 2.70. The summed E-state index contributed by atoms with van der Waals surface area (Å²) in [5, 5.41) is 0. The van der Waals surface area contributed by atoms with Gasteiger partial charge in [-0.05, 0) is 62.3 Å². The second-order valence-electron chi connectivity index (χ2n) is 6.28. The fraction of sp³-hybridized carbons (Fsp3) is 0.556. The van der Waals surface area contributed by atoms with Crippen LogP contribution in [-0.2, 0) is 0 Å². The third-order valence-electron chi connectivity index (χ3n) is 4.53. The van der Waals surface area contributed by atoms with Crippen LogP contribution < -0.4 is 0 Å². The summed E-state index contributed by atoms with van der Waals surface area (Å²) in [5.74, 6) is 0.821. The van der Waals surface area contributed by atoms with Crippen LogP contribution in [0.1, 0.15) is 44.1 Å². The summed E-state index contributed by atoms with van der Waals surface area (Å²) in [6, 6.07) is 7.46. The molecule has 1 unspecified atom stereocenters. The molecular weight excluding hydrogens is 249 g/mol. The molecule has 1 heterocycles. The second-order valence-corrected chi connectivity index (χ2v) is 6.28. The molecule has 1 saturated heterocycles. The van der Waals surface area contributed by atoms with Crippen molar-refractivity contribution in [2.45, 2.75) is 44.6 Å². The van der Waals surface area contributed by atoms with E-state index in [0.29, 0.717) is 0 Å². The number of nitrogens with zero attached hydrogens (tertiary/aromatic N) is 1. The van der Waals surface area contributed by atoms with Crippen LogP contribution in [-0.4, -0.2) is 24.0 Å². The Morgan fingerprint density at radius 1 is 1.10 bits per heavy atom. The quantitative estimate of drug-likeness (QED) is 0.764. The lowest BCUT2D eigenvalue weighted by molar-refractivity contribution is 0.143. The molecule has 1 aliphatic heterocycles. The van der Waals surface area contributed by atoms with Gasteiger partial charge < -0.3 is 0 Å². The maximum Gasteiger partial charge on any atom is 0.123 e. The van der Waals surface area contributed by atoms with Gasteiger partial charge in [0.25, 0.3) is 0 Å². The highest BCUT2D eigenvalue weighted by Gasteiger charge is 2.28. The number of hydrogen-bond acceptors (Lipinski definition) is 1. The minimum Gasteiger partial charge on any atom is -0.300 e. The average Bonchev–Trinajstić information content (AvgIpc) is 3.27. The van der Waals surface area contributed by atoms with Crippen LogP contribution in [0.2, 0.25) is 0 Å². The van der Waals surface area contributed by atoms with Crippen LogP contribution in [0.5, 0.6) is 0 Å². The molecular formula is C18H24FN. The number of piperidine rings is 1. The van der Waals surface area contributed by atoms with Gasteiger partial charge in [0.05, 0.1) is 0 Å². The van der Waals surface area contributed by atoms with E-state index in [4.69, 9.17) is 0 Å². The van der Waals surface area contributed by atoms with Gasteiger partial charge in [-0.3, -0.25) is 4.90 Å². The number of benzene rings is 1. The maximum atomic E-state index is 12.8. The van der Waals surface area contributed by atoms with Crippen LogP contribution in [0.3, 0.4) is 0 Å². The predicted octanol–water partition coefficient (Wildman–Crippen LogP) is 4.49. The Hall–Kier alpha value is -1.15. The molecule has 1 aliphatic carbocycles. The molecule has 0 aromatic heterocycles. The smallest absolute Gasteiger partial charge is 0.123 e. The Morgan fingerprint density at radius 2 is 1.90 bits per heavy atom. The van der Waals surface area contributed by atoms with Crippen molar-refractivity contribution >= 4 is 6.08 Å². The van der Waals surface area contributed by atoms with E-state index >= 15 is 0 Å². The molecule has 0 radical (unpaired) electrons. The molecule has 0 spiro atoms. The molecule has 3 rings (SSSR count). The van der Waals surface area contributed by atoms with Gasteiger partial charge in [-0.2, -0.15) is 0 Å². The van der Waals surface area contributed by atoms with E-state index in [2.05, 4.69) is 17.1 Å². The molecule has 2 heteroatoms. The van der Waals surface area contributed by atoms with E-state index in [0.717, 1.165) is 23.9 Å². The summed E-state index contributed by atoms with van der Waals surface area (Å²) in [5.41, 5.74) is 1.09. The first-order valence-electron chi connectivity index (χ1n) is 7.97. The molecule has 1 aromatic rings. The van der Waals surface area contributed by atoms with E-state index < -0.39 is 0 Å². The van der Waals surface area contributed by atoms with E-state index in [-0.39, 0.29) is 5.82 Å². The Kier molecular flexibility index (Phi) is 4.51. The third-order valence-corrected chi connectivity index (χ3v) is 4.53. The molecule has 0 bridgehead atoms. The lowest BCUT2D eigenvalue weighted by Crippen LogP contribution is -2.40. The highest BCUT2D eigenvalue weighted by Crippen LogP contribution is 2.32. The minimum absolute atomic E-state index is 0.162. The van der Waals surface area contributed by atoms with Gasteiger partial charge in [-0.25, -0.2) is 4.39 Å². The molecule has 2 aliphatic rings. The molecule has 1 nitrogen and oxygen atoms in total. The summed E-state index contributed by atoms with van der Waals surface area (Å²) in [6.45, 7) is 2.60. The molecule has 2 fully saturated rings. The van der Waals surface area contributed by atoms with Gasteiger partial charge in [0.1, 0.15) is 5.82 Å². The number of rotatable bonds is 5. The van der Waals surface area contributed by atoms with Crippen molar-refractivity contribution < 1.29 is 4.39 Å². The number of hydrogen-bond donors (Lipinski definition) is 0. The molecule has 0 amide bonds. The van der Waals surface area contributed by atoms with Gasteiger partial charge in [0.15, 0.2) is 0 Å². The fourth-order valence-corrected chi connectivity index (χ4v) is 3.13. The van der Waals surface area contributed by atoms with Gasteiger partial charge in [-0.15, -0.1) is 0 Å². The Labute approximate surface area is 121 Å². The monoisotopic (exact) mass is 273 g/mol. The minimum atomic E-state index is -0.162. The topological polar surface area (TPSA) is 3.24 Å². The fourth-order valence-electron chi connectivity index (χ4n) is 3.13. The van der Waals surface area contributed by atoms with Crippen molar-refractivity contribution in [2.75, 3.05) is 13.1 Å². The largest absolute Gasteiger partial charge is 0.300 e. The normalized spacial score (nSPS) is 24.4. The molecule has 1 saturated carbocycles. The summed E-state index contributed by atoms with van der Waals surface area (Å²) in [6.07, 6.45) is 12.5.